The fourth-order valence-electron chi connectivity index (χ4n) is 1.35. The van der Waals surface area contributed by atoms with Crippen LogP contribution in [0.1, 0.15) is 10.4 Å². The van der Waals surface area contributed by atoms with Gasteiger partial charge in [0.25, 0.3) is 0 Å². The van der Waals surface area contributed by atoms with Crippen LogP contribution in [0, 0.1) is 0 Å². The zero-order valence-corrected chi connectivity index (χ0v) is 9.89. The molecular weight excluding hydrogens is 256 g/mol. The van der Waals surface area contributed by atoms with Gasteiger partial charge in [-0.3, -0.25) is 0 Å². The van der Waals surface area contributed by atoms with Crippen LogP contribution in [0.5, 0.6) is 17.2 Å². The quantitative estimate of drug-likeness (QED) is 0.890. The van der Waals surface area contributed by atoms with Crippen LogP contribution in [0.25, 0.3) is 0 Å². The maximum atomic E-state index is 10.7. The molecule has 0 bridgehead atoms. The fraction of sp³-hybridized carbons (Fsp3) is 0. The molecule has 0 saturated carbocycles. The molecule has 0 aliphatic heterocycles. The number of carboxylic acids is 1. The summed E-state index contributed by atoms with van der Waals surface area (Å²) in [6.45, 7) is 0. The SMILES string of the molecule is O=C(O)c1ccc(Oc2ccc(O)c(Cl)c2)cc1. The smallest absolute Gasteiger partial charge is 0.335 e. The van der Waals surface area contributed by atoms with Crippen LogP contribution in [-0.2, 0) is 0 Å². The zero-order chi connectivity index (χ0) is 13.1. The largest absolute Gasteiger partial charge is 0.506 e. The van der Waals surface area contributed by atoms with Crippen molar-refractivity contribution in [2.75, 3.05) is 0 Å². The minimum Gasteiger partial charge on any atom is -0.506 e. The Morgan fingerprint density at radius 1 is 1.06 bits per heavy atom. The van der Waals surface area contributed by atoms with Gasteiger partial charge in [0.15, 0.2) is 0 Å². The number of rotatable bonds is 3. The van der Waals surface area contributed by atoms with Crippen LogP contribution in [0.4, 0.5) is 0 Å². The summed E-state index contributed by atoms with van der Waals surface area (Å²) in [5, 5.41) is 18.2. The highest BCUT2D eigenvalue weighted by atomic mass is 35.5. The highest BCUT2D eigenvalue weighted by molar-refractivity contribution is 6.32. The predicted octanol–water partition coefficient (Wildman–Crippen LogP) is 3.54. The van der Waals surface area contributed by atoms with Crippen molar-refractivity contribution >= 4 is 17.6 Å². The summed E-state index contributed by atoms with van der Waals surface area (Å²) in [6, 6.07) is 10.4. The summed E-state index contributed by atoms with van der Waals surface area (Å²) in [5.41, 5.74) is 0.186. The highest BCUT2D eigenvalue weighted by Gasteiger charge is 2.04. The molecule has 0 unspecified atom stereocenters. The summed E-state index contributed by atoms with van der Waals surface area (Å²) in [7, 11) is 0. The number of ether oxygens (including phenoxy) is 1. The van der Waals surface area contributed by atoms with Gasteiger partial charge < -0.3 is 14.9 Å². The lowest BCUT2D eigenvalue weighted by molar-refractivity contribution is 0.0697. The van der Waals surface area contributed by atoms with Crippen molar-refractivity contribution < 1.29 is 19.7 Å². The van der Waals surface area contributed by atoms with Gasteiger partial charge >= 0.3 is 5.97 Å². The second-order valence-electron chi connectivity index (χ2n) is 3.54. The molecule has 2 rings (SSSR count). The number of carboxylic acid groups (broad SMARTS) is 1. The first-order valence-electron chi connectivity index (χ1n) is 5.06. The molecule has 2 aromatic rings. The molecule has 0 amide bonds. The number of phenols is 1. The molecular formula is C13H9ClO4. The van der Waals surface area contributed by atoms with E-state index in [2.05, 4.69) is 0 Å². The molecule has 2 aromatic carbocycles. The van der Waals surface area contributed by atoms with Gasteiger partial charge in [-0.15, -0.1) is 0 Å². The molecule has 5 heteroatoms. The Kier molecular flexibility index (Phi) is 3.39. The van der Waals surface area contributed by atoms with Gasteiger partial charge in [-0.1, -0.05) is 11.6 Å². The zero-order valence-electron chi connectivity index (χ0n) is 9.13. The fourth-order valence-corrected chi connectivity index (χ4v) is 1.52. The summed E-state index contributed by atoms with van der Waals surface area (Å²) in [4.78, 5) is 10.7. The van der Waals surface area contributed by atoms with E-state index in [4.69, 9.17) is 21.4 Å². The predicted molar refractivity (Wildman–Crippen MR) is 66.6 cm³/mol. The van der Waals surface area contributed by atoms with Crippen LogP contribution in [0.3, 0.4) is 0 Å². The Morgan fingerprint density at radius 3 is 2.22 bits per heavy atom. The van der Waals surface area contributed by atoms with Gasteiger partial charge in [0.05, 0.1) is 10.6 Å². The molecule has 0 aliphatic carbocycles. The molecule has 0 radical (unpaired) electrons. The van der Waals surface area contributed by atoms with Gasteiger partial charge in [0, 0.05) is 6.07 Å². The molecule has 0 spiro atoms. The third-order valence-electron chi connectivity index (χ3n) is 2.26. The van der Waals surface area contributed by atoms with E-state index >= 15 is 0 Å². The number of benzene rings is 2. The Bertz CT molecular complexity index is 578. The number of halogens is 1. The van der Waals surface area contributed by atoms with E-state index in [1.807, 2.05) is 0 Å². The number of aromatic hydroxyl groups is 1. The molecule has 0 heterocycles. The molecule has 0 saturated heterocycles. The van der Waals surface area contributed by atoms with Crippen LogP contribution >= 0.6 is 11.6 Å². The van der Waals surface area contributed by atoms with Gasteiger partial charge in [-0.2, -0.15) is 0 Å². The molecule has 0 fully saturated rings. The van der Waals surface area contributed by atoms with Gasteiger partial charge in [-0.25, -0.2) is 4.79 Å². The summed E-state index contributed by atoms with van der Waals surface area (Å²) in [6.07, 6.45) is 0. The van der Waals surface area contributed by atoms with Crippen LogP contribution in [0.2, 0.25) is 5.02 Å². The molecule has 18 heavy (non-hydrogen) atoms. The average molecular weight is 265 g/mol. The second kappa shape index (κ2) is 4.98. The lowest BCUT2D eigenvalue weighted by Crippen LogP contribution is -1.95. The first-order chi connectivity index (χ1) is 8.56. The van der Waals surface area contributed by atoms with Crippen LogP contribution in [-0.4, -0.2) is 16.2 Å². The third-order valence-corrected chi connectivity index (χ3v) is 2.56. The molecule has 0 aromatic heterocycles. The second-order valence-corrected chi connectivity index (χ2v) is 3.95. The maximum Gasteiger partial charge on any atom is 0.335 e. The van der Waals surface area contributed by atoms with Crippen molar-refractivity contribution in [3.63, 3.8) is 0 Å². The molecule has 2 N–H and O–H groups in total. The molecule has 92 valence electrons. The normalized spacial score (nSPS) is 10.1. The van der Waals surface area contributed by atoms with Crippen LogP contribution < -0.4 is 4.74 Å². The van der Waals surface area contributed by atoms with E-state index in [0.717, 1.165) is 0 Å². The third kappa shape index (κ3) is 2.73. The monoisotopic (exact) mass is 264 g/mol. The van der Waals surface area contributed by atoms with Crippen LogP contribution in [0.15, 0.2) is 42.5 Å². The van der Waals surface area contributed by atoms with Crippen molar-refractivity contribution in [3.05, 3.63) is 53.1 Å². The van der Waals surface area contributed by atoms with E-state index in [-0.39, 0.29) is 16.3 Å². The standard InChI is InChI=1S/C13H9ClO4/c14-11-7-10(5-6-12(11)15)18-9-3-1-8(2-4-9)13(16)17/h1-7,15H,(H,16,17). The van der Waals surface area contributed by atoms with E-state index in [9.17, 15) is 9.90 Å². The number of hydrogen-bond acceptors (Lipinski definition) is 3. The minimum atomic E-state index is -0.991. The number of aromatic carboxylic acids is 1. The van der Waals surface area contributed by atoms with Gasteiger partial charge in [-0.05, 0) is 36.4 Å². The summed E-state index contributed by atoms with van der Waals surface area (Å²) >= 11 is 5.74. The van der Waals surface area contributed by atoms with Crippen molar-refractivity contribution in [2.45, 2.75) is 0 Å². The maximum absolute atomic E-state index is 10.7. The molecule has 0 aliphatic rings. The average Bonchev–Trinajstić information content (AvgIpc) is 2.34. The van der Waals surface area contributed by atoms with Gasteiger partial charge in [0.1, 0.15) is 17.2 Å². The van der Waals surface area contributed by atoms with E-state index < -0.39 is 5.97 Å². The minimum absolute atomic E-state index is 0.0229. The summed E-state index contributed by atoms with van der Waals surface area (Å²) < 4.78 is 5.46. The Labute approximate surface area is 108 Å². The van der Waals surface area contributed by atoms with Crippen molar-refractivity contribution in [3.8, 4) is 17.2 Å². The van der Waals surface area contributed by atoms with E-state index in [1.165, 1.54) is 24.3 Å². The van der Waals surface area contributed by atoms with Crippen molar-refractivity contribution in [2.24, 2.45) is 0 Å². The van der Waals surface area contributed by atoms with Crippen molar-refractivity contribution in [1.29, 1.82) is 0 Å². The molecule has 4 nitrogen and oxygen atoms in total. The van der Waals surface area contributed by atoms with Crippen molar-refractivity contribution in [1.82, 2.24) is 0 Å². The Balaban J connectivity index is 2.18. The summed E-state index contributed by atoms with van der Waals surface area (Å²) in [5.74, 6) is -0.0675. The first kappa shape index (κ1) is 12.3. The number of carbonyl (C=O) groups is 1. The Morgan fingerprint density at radius 2 is 1.67 bits per heavy atom. The Hall–Kier alpha value is -2.20. The number of hydrogen-bond donors (Lipinski definition) is 2. The topological polar surface area (TPSA) is 66.8 Å². The van der Waals surface area contributed by atoms with Gasteiger partial charge in [0.2, 0.25) is 0 Å². The van der Waals surface area contributed by atoms with E-state index in [1.54, 1.807) is 18.2 Å². The highest BCUT2D eigenvalue weighted by Crippen LogP contribution is 2.30. The van der Waals surface area contributed by atoms with E-state index in [0.29, 0.717) is 11.5 Å². The number of phenolic OH excluding ortho intramolecular Hbond substituents is 1. The lowest BCUT2D eigenvalue weighted by atomic mass is 10.2. The lowest BCUT2D eigenvalue weighted by Gasteiger charge is -2.06. The first-order valence-corrected chi connectivity index (χ1v) is 5.44. The molecule has 0 atom stereocenters.